The first-order chi connectivity index (χ1) is 17.0. The first kappa shape index (κ1) is 23.7. The lowest BCUT2D eigenvalue weighted by molar-refractivity contribution is -0.129. The van der Waals surface area contributed by atoms with Gasteiger partial charge in [-0.15, -0.1) is 5.10 Å². The SMILES string of the molecule is COc1ccc(CCN2CC(C(=O)NNC(=O)c3ccc(-n4cnnn4)cc3)CC2=O)cc1OC. The van der Waals surface area contributed by atoms with Crippen molar-refractivity contribution >= 4 is 17.7 Å². The van der Waals surface area contributed by atoms with Crippen LogP contribution in [0.5, 0.6) is 11.5 Å². The maximum absolute atomic E-state index is 12.5. The molecule has 1 aliphatic heterocycles. The molecule has 0 radical (unpaired) electrons. The molecule has 1 saturated heterocycles. The molecular weight excluding hydrogens is 454 g/mol. The molecule has 0 bridgehead atoms. The monoisotopic (exact) mass is 479 g/mol. The van der Waals surface area contributed by atoms with Gasteiger partial charge >= 0.3 is 0 Å². The standard InChI is InChI=1S/C23H25N7O5/c1-34-19-8-3-15(11-20(19)35-2)9-10-29-13-17(12-21(29)31)23(33)26-25-22(32)16-4-6-18(7-5-16)30-14-24-27-28-30/h3-8,11,14,17H,9-10,12-13H2,1-2H3,(H,25,32)(H,26,33). The Balaban J connectivity index is 1.26. The summed E-state index contributed by atoms with van der Waals surface area (Å²) >= 11 is 0. The Morgan fingerprint density at radius 2 is 1.83 bits per heavy atom. The van der Waals surface area contributed by atoms with E-state index in [0.29, 0.717) is 35.7 Å². The van der Waals surface area contributed by atoms with E-state index in [1.54, 1.807) is 43.4 Å². The van der Waals surface area contributed by atoms with Gasteiger partial charge in [0.05, 0.1) is 25.8 Å². The molecule has 2 N–H and O–H groups in total. The Bertz CT molecular complexity index is 1200. The average Bonchev–Trinajstić information content (AvgIpc) is 3.56. The fourth-order valence-corrected chi connectivity index (χ4v) is 3.80. The van der Waals surface area contributed by atoms with Crippen LogP contribution in [0, 0.1) is 5.92 Å². The molecule has 35 heavy (non-hydrogen) atoms. The molecule has 1 unspecified atom stereocenters. The van der Waals surface area contributed by atoms with Crippen LogP contribution in [0.15, 0.2) is 48.8 Å². The molecule has 12 heteroatoms. The second-order valence-electron chi connectivity index (χ2n) is 7.92. The van der Waals surface area contributed by atoms with Crippen LogP contribution in [0.3, 0.4) is 0 Å². The number of hydrogen-bond donors (Lipinski definition) is 2. The Kier molecular flexibility index (Phi) is 7.19. The molecule has 1 aliphatic rings. The Morgan fingerprint density at radius 3 is 2.51 bits per heavy atom. The largest absolute Gasteiger partial charge is 0.493 e. The number of carbonyl (C=O) groups is 3. The number of carbonyl (C=O) groups excluding carboxylic acids is 3. The van der Waals surface area contributed by atoms with Crippen molar-refractivity contribution < 1.29 is 23.9 Å². The van der Waals surface area contributed by atoms with E-state index in [1.807, 2.05) is 18.2 Å². The fraction of sp³-hybridized carbons (Fsp3) is 0.304. The molecule has 2 aromatic carbocycles. The Labute approximate surface area is 201 Å². The zero-order chi connectivity index (χ0) is 24.8. The van der Waals surface area contributed by atoms with Crippen LogP contribution >= 0.6 is 0 Å². The van der Waals surface area contributed by atoms with Gasteiger partial charge in [-0.3, -0.25) is 25.2 Å². The molecular formula is C23H25N7O5. The minimum atomic E-state index is -0.546. The van der Waals surface area contributed by atoms with Gasteiger partial charge in [0.1, 0.15) is 6.33 Å². The number of aromatic nitrogens is 4. The first-order valence-electron chi connectivity index (χ1n) is 10.9. The third kappa shape index (κ3) is 5.54. The van der Waals surface area contributed by atoms with Crippen LogP contribution in [0.2, 0.25) is 0 Å². The smallest absolute Gasteiger partial charge is 0.269 e. The maximum atomic E-state index is 12.5. The summed E-state index contributed by atoms with van der Waals surface area (Å²) in [6.07, 6.45) is 2.14. The van der Waals surface area contributed by atoms with Crippen molar-refractivity contribution in [2.45, 2.75) is 12.8 Å². The molecule has 2 heterocycles. The molecule has 0 spiro atoms. The summed E-state index contributed by atoms with van der Waals surface area (Å²) in [5.41, 5.74) is 6.85. The van der Waals surface area contributed by atoms with E-state index in [0.717, 1.165) is 5.56 Å². The summed E-state index contributed by atoms with van der Waals surface area (Å²) in [4.78, 5) is 39.0. The molecule has 4 rings (SSSR count). The lowest BCUT2D eigenvalue weighted by Crippen LogP contribution is -2.45. The number of likely N-dealkylation sites (tertiary alicyclic amines) is 1. The number of ether oxygens (including phenoxy) is 2. The minimum Gasteiger partial charge on any atom is -0.493 e. The summed E-state index contributed by atoms with van der Waals surface area (Å²) in [5, 5.41) is 10.9. The summed E-state index contributed by atoms with van der Waals surface area (Å²) in [6.45, 7) is 0.757. The summed E-state index contributed by atoms with van der Waals surface area (Å²) in [5.74, 6) is -0.279. The normalized spacial score (nSPS) is 15.1. The molecule has 3 aromatic rings. The van der Waals surface area contributed by atoms with Gasteiger partial charge in [-0.2, -0.15) is 0 Å². The molecule has 0 saturated carbocycles. The van der Waals surface area contributed by atoms with Gasteiger partial charge in [-0.1, -0.05) is 6.07 Å². The quantitative estimate of drug-likeness (QED) is 0.446. The van der Waals surface area contributed by atoms with Crippen molar-refractivity contribution in [2.75, 3.05) is 27.3 Å². The van der Waals surface area contributed by atoms with Crippen molar-refractivity contribution in [1.82, 2.24) is 36.0 Å². The van der Waals surface area contributed by atoms with Crippen molar-refractivity contribution in [3.05, 3.63) is 59.9 Å². The topological polar surface area (TPSA) is 141 Å². The van der Waals surface area contributed by atoms with E-state index in [2.05, 4.69) is 26.4 Å². The Hall–Kier alpha value is -4.48. The number of amides is 3. The lowest BCUT2D eigenvalue weighted by Gasteiger charge is -2.17. The van der Waals surface area contributed by atoms with Gasteiger partial charge in [-0.25, -0.2) is 4.68 Å². The summed E-state index contributed by atoms with van der Waals surface area (Å²) < 4.78 is 12.0. The second-order valence-corrected chi connectivity index (χ2v) is 7.92. The highest BCUT2D eigenvalue weighted by molar-refractivity contribution is 5.96. The molecule has 0 aliphatic carbocycles. The van der Waals surface area contributed by atoms with Gasteiger partial charge in [0, 0.05) is 25.1 Å². The fourth-order valence-electron chi connectivity index (χ4n) is 3.80. The molecule has 1 aromatic heterocycles. The van der Waals surface area contributed by atoms with Gasteiger partial charge in [0.2, 0.25) is 11.8 Å². The molecule has 182 valence electrons. The molecule has 1 fully saturated rings. The number of hydrogen-bond acceptors (Lipinski definition) is 8. The van der Waals surface area contributed by atoms with Gasteiger partial charge in [-0.05, 0) is 58.8 Å². The van der Waals surface area contributed by atoms with Crippen molar-refractivity contribution in [1.29, 1.82) is 0 Å². The highest BCUT2D eigenvalue weighted by Gasteiger charge is 2.34. The number of nitrogens with zero attached hydrogens (tertiary/aromatic N) is 5. The third-order valence-corrected chi connectivity index (χ3v) is 5.75. The van der Waals surface area contributed by atoms with Crippen LogP contribution in [0.1, 0.15) is 22.3 Å². The summed E-state index contributed by atoms with van der Waals surface area (Å²) in [6, 6.07) is 12.1. The summed E-state index contributed by atoms with van der Waals surface area (Å²) in [7, 11) is 3.14. The number of hydrazine groups is 1. The van der Waals surface area contributed by atoms with Crippen molar-refractivity contribution in [3.8, 4) is 17.2 Å². The second kappa shape index (κ2) is 10.6. The molecule has 3 amide bonds. The van der Waals surface area contributed by atoms with E-state index in [1.165, 1.54) is 11.0 Å². The van der Waals surface area contributed by atoms with Gasteiger partial charge in [0.25, 0.3) is 5.91 Å². The van der Waals surface area contributed by atoms with Crippen molar-refractivity contribution in [2.24, 2.45) is 5.92 Å². The minimum absolute atomic E-state index is 0.0915. The number of tetrazole rings is 1. The Morgan fingerprint density at radius 1 is 1.06 bits per heavy atom. The van der Waals surface area contributed by atoms with Crippen molar-refractivity contribution in [3.63, 3.8) is 0 Å². The average molecular weight is 479 g/mol. The highest BCUT2D eigenvalue weighted by Crippen LogP contribution is 2.28. The van der Waals surface area contributed by atoms with Gasteiger partial charge < -0.3 is 14.4 Å². The highest BCUT2D eigenvalue weighted by atomic mass is 16.5. The molecule has 1 atom stereocenters. The number of nitrogens with one attached hydrogen (secondary N) is 2. The van der Waals surface area contributed by atoms with E-state index in [9.17, 15) is 14.4 Å². The van der Waals surface area contributed by atoms with Gasteiger partial charge in [0.15, 0.2) is 11.5 Å². The number of benzene rings is 2. The predicted molar refractivity (Wildman–Crippen MR) is 123 cm³/mol. The number of methoxy groups -OCH3 is 2. The van der Waals surface area contributed by atoms with E-state index in [-0.39, 0.29) is 18.9 Å². The molecule has 12 nitrogen and oxygen atoms in total. The zero-order valence-corrected chi connectivity index (χ0v) is 19.3. The number of rotatable bonds is 8. The van der Waals surface area contributed by atoms with Crippen LogP contribution in [0.4, 0.5) is 0 Å². The van der Waals surface area contributed by atoms with E-state index >= 15 is 0 Å². The first-order valence-corrected chi connectivity index (χ1v) is 10.9. The van der Waals surface area contributed by atoms with E-state index < -0.39 is 17.7 Å². The van der Waals surface area contributed by atoms with E-state index in [4.69, 9.17) is 9.47 Å². The third-order valence-electron chi connectivity index (χ3n) is 5.75. The maximum Gasteiger partial charge on any atom is 0.269 e. The predicted octanol–water partition coefficient (Wildman–Crippen LogP) is 0.532. The van der Waals surface area contributed by atoms with Crippen LogP contribution in [0.25, 0.3) is 5.69 Å². The lowest BCUT2D eigenvalue weighted by atomic mass is 10.1. The van der Waals surface area contributed by atoms with Crippen LogP contribution in [-0.2, 0) is 16.0 Å². The van der Waals surface area contributed by atoms with Crippen LogP contribution in [-0.4, -0.2) is 70.1 Å². The van der Waals surface area contributed by atoms with Crippen LogP contribution < -0.4 is 20.3 Å². The zero-order valence-electron chi connectivity index (χ0n) is 19.3.